The van der Waals surface area contributed by atoms with Crippen molar-refractivity contribution in [3.63, 3.8) is 0 Å². The first-order valence-corrected chi connectivity index (χ1v) is 15.5. The van der Waals surface area contributed by atoms with E-state index in [9.17, 15) is 0 Å². The van der Waals surface area contributed by atoms with Crippen molar-refractivity contribution in [1.29, 1.82) is 0 Å². The SMILES string of the molecule is C=Cc1cccc(N(c2ccc(C(C)(C)CCC)cc2)c2ccc(C(CCC)(CCC)C(CC)CC)cc2)c1. The zero-order valence-corrected chi connectivity index (χ0v) is 25.9. The van der Waals surface area contributed by atoms with Crippen LogP contribution >= 0.6 is 0 Å². The Bertz CT molecular complexity index is 1140. The summed E-state index contributed by atoms with van der Waals surface area (Å²) in [5, 5.41) is 0. The highest BCUT2D eigenvalue weighted by atomic mass is 15.1. The summed E-state index contributed by atoms with van der Waals surface area (Å²) in [6.07, 6.45) is 11.7. The third-order valence-corrected chi connectivity index (χ3v) is 9.01. The molecule has 0 saturated carbocycles. The largest absolute Gasteiger partial charge is 0.310 e. The third-order valence-electron chi connectivity index (χ3n) is 9.01. The molecular formula is C38H53N. The Balaban J connectivity index is 2.11. The summed E-state index contributed by atoms with van der Waals surface area (Å²) in [4.78, 5) is 2.39. The quantitative estimate of drug-likeness (QED) is 0.191. The molecule has 0 aliphatic rings. The second-order valence-corrected chi connectivity index (χ2v) is 12.0. The molecule has 0 aliphatic carbocycles. The van der Waals surface area contributed by atoms with E-state index in [0.29, 0.717) is 5.92 Å². The van der Waals surface area contributed by atoms with Gasteiger partial charge in [0.25, 0.3) is 0 Å². The summed E-state index contributed by atoms with van der Waals surface area (Å²) in [6.45, 7) is 20.5. The zero-order valence-electron chi connectivity index (χ0n) is 25.9. The minimum atomic E-state index is 0.180. The summed E-state index contributed by atoms with van der Waals surface area (Å²) in [5.74, 6) is 0.711. The Kier molecular flexibility index (Phi) is 11.0. The van der Waals surface area contributed by atoms with Gasteiger partial charge in [0.15, 0.2) is 0 Å². The van der Waals surface area contributed by atoms with Crippen LogP contribution in [0.4, 0.5) is 17.1 Å². The van der Waals surface area contributed by atoms with Gasteiger partial charge in [-0.2, -0.15) is 0 Å². The number of benzene rings is 3. The van der Waals surface area contributed by atoms with E-state index in [-0.39, 0.29) is 10.8 Å². The van der Waals surface area contributed by atoms with Crippen LogP contribution in [0.2, 0.25) is 0 Å². The Labute approximate surface area is 240 Å². The molecule has 0 bridgehead atoms. The molecule has 0 fully saturated rings. The van der Waals surface area contributed by atoms with Gasteiger partial charge >= 0.3 is 0 Å². The first-order chi connectivity index (χ1) is 18.8. The Morgan fingerprint density at radius 2 is 1.18 bits per heavy atom. The standard InChI is InChI=1S/C38H53N/c1-9-26-37(7,8)32-18-22-34(23-19-32)39(36-17-15-16-30(12-4)29-36)35-24-20-33(21-25-35)38(27-10-2,28-11-3)31(13-5)14-6/h12,15-25,29,31H,4,9-11,13-14,26-28H2,1-3,5-8H3. The molecule has 0 amide bonds. The van der Waals surface area contributed by atoms with E-state index < -0.39 is 0 Å². The molecule has 0 radical (unpaired) electrons. The van der Waals surface area contributed by atoms with E-state index >= 15 is 0 Å². The molecule has 3 aromatic rings. The van der Waals surface area contributed by atoms with Crippen LogP contribution in [0, 0.1) is 5.92 Å². The average Bonchev–Trinajstić information content (AvgIpc) is 2.95. The van der Waals surface area contributed by atoms with E-state index in [4.69, 9.17) is 0 Å². The van der Waals surface area contributed by atoms with Gasteiger partial charge in [0.05, 0.1) is 0 Å². The predicted octanol–water partition coefficient (Wildman–Crippen LogP) is 12.2. The van der Waals surface area contributed by atoms with Gasteiger partial charge < -0.3 is 4.90 Å². The minimum Gasteiger partial charge on any atom is -0.310 e. The van der Waals surface area contributed by atoms with Crippen LogP contribution < -0.4 is 4.90 Å². The van der Waals surface area contributed by atoms with Crippen LogP contribution in [-0.4, -0.2) is 0 Å². The fraction of sp³-hybridized carbons (Fsp3) is 0.474. The summed E-state index contributed by atoms with van der Waals surface area (Å²) >= 11 is 0. The van der Waals surface area contributed by atoms with Gasteiger partial charge in [0.2, 0.25) is 0 Å². The highest BCUT2D eigenvalue weighted by Gasteiger charge is 2.37. The van der Waals surface area contributed by atoms with Crippen molar-refractivity contribution in [3.05, 3.63) is 96.1 Å². The summed E-state index contributed by atoms with van der Waals surface area (Å²) in [6, 6.07) is 27.5. The fourth-order valence-corrected chi connectivity index (χ4v) is 7.03. The van der Waals surface area contributed by atoms with Gasteiger partial charge in [-0.3, -0.25) is 0 Å². The van der Waals surface area contributed by atoms with E-state index in [0.717, 1.165) is 11.3 Å². The molecule has 0 unspecified atom stereocenters. The number of anilines is 3. The molecule has 39 heavy (non-hydrogen) atoms. The lowest BCUT2D eigenvalue weighted by atomic mass is 9.63. The average molecular weight is 524 g/mol. The van der Waals surface area contributed by atoms with Gasteiger partial charge in [-0.25, -0.2) is 0 Å². The predicted molar refractivity (Wildman–Crippen MR) is 175 cm³/mol. The van der Waals surface area contributed by atoms with Crippen molar-refractivity contribution >= 4 is 23.1 Å². The van der Waals surface area contributed by atoms with E-state index in [1.807, 2.05) is 6.08 Å². The molecule has 0 aliphatic heterocycles. The van der Waals surface area contributed by atoms with E-state index in [2.05, 4.69) is 133 Å². The van der Waals surface area contributed by atoms with E-state index in [1.165, 1.54) is 73.9 Å². The van der Waals surface area contributed by atoms with Crippen molar-refractivity contribution in [2.75, 3.05) is 4.90 Å². The fourth-order valence-electron chi connectivity index (χ4n) is 7.03. The molecular weight excluding hydrogens is 470 g/mol. The minimum absolute atomic E-state index is 0.180. The zero-order chi connectivity index (χ0) is 28.5. The lowest BCUT2D eigenvalue weighted by Gasteiger charge is -2.41. The van der Waals surface area contributed by atoms with Gasteiger partial charge in [0, 0.05) is 17.1 Å². The Morgan fingerprint density at radius 3 is 1.64 bits per heavy atom. The topological polar surface area (TPSA) is 3.24 Å². The normalized spacial score (nSPS) is 12.1. The molecule has 1 nitrogen and oxygen atoms in total. The molecule has 210 valence electrons. The van der Waals surface area contributed by atoms with Gasteiger partial charge in [-0.1, -0.05) is 130 Å². The molecule has 0 atom stereocenters. The molecule has 0 saturated heterocycles. The summed E-state index contributed by atoms with van der Waals surface area (Å²) in [7, 11) is 0. The maximum atomic E-state index is 4.02. The van der Waals surface area contributed by atoms with Crippen molar-refractivity contribution in [2.45, 2.75) is 111 Å². The maximum Gasteiger partial charge on any atom is 0.0467 e. The highest BCUT2D eigenvalue weighted by Crippen LogP contribution is 2.45. The van der Waals surface area contributed by atoms with Crippen LogP contribution in [-0.2, 0) is 10.8 Å². The molecule has 3 aromatic carbocycles. The highest BCUT2D eigenvalue weighted by molar-refractivity contribution is 5.78. The van der Waals surface area contributed by atoms with Crippen LogP contribution in [0.1, 0.15) is 117 Å². The Morgan fingerprint density at radius 1 is 0.667 bits per heavy atom. The molecule has 0 spiro atoms. The van der Waals surface area contributed by atoms with Crippen LogP contribution in [0.25, 0.3) is 6.08 Å². The van der Waals surface area contributed by atoms with Gasteiger partial charge in [-0.15, -0.1) is 0 Å². The monoisotopic (exact) mass is 523 g/mol. The van der Waals surface area contributed by atoms with Crippen molar-refractivity contribution in [1.82, 2.24) is 0 Å². The summed E-state index contributed by atoms with van der Waals surface area (Å²) in [5.41, 5.74) is 8.03. The molecule has 0 N–H and O–H groups in total. The lowest BCUT2D eigenvalue weighted by Crippen LogP contribution is -2.35. The lowest BCUT2D eigenvalue weighted by molar-refractivity contribution is 0.212. The molecule has 0 heterocycles. The Hall–Kier alpha value is -2.80. The van der Waals surface area contributed by atoms with Crippen molar-refractivity contribution in [3.8, 4) is 0 Å². The molecule has 1 heteroatoms. The first kappa shape index (κ1) is 30.7. The second-order valence-electron chi connectivity index (χ2n) is 12.0. The van der Waals surface area contributed by atoms with Gasteiger partial charge in [-0.05, 0) is 89.1 Å². The number of hydrogen-bond donors (Lipinski definition) is 0. The number of rotatable bonds is 15. The first-order valence-electron chi connectivity index (χ1n) is 15.5. The van der Waals surface area contributed by atoms with E-state index in [1.54, 1.807) is 0 Å². The number of hydrogen-bond acceptors (Lipinski definition) is 1. The third kappa shape index (κ3) is 6.86. The molecule has 3 rings (SSSR count). The van der Waals surface area contributed by atoms with Crippen LogP contribution in [0.3, 0.4) is 0 Å². The van der Waals surface area contributed by atoms with Crippen LogP contribution in [0.5, 0.6) is 0 Å². The second kappa shape index (κ2) is 14.0. The van der Waals surface area contributed by atoms with Crippen LogP contribution in [0.15, 0.2) is 79.4 Å². The van der Waals surface area contributed by atoms with Crippen molar-refractivity contribution in [2.24, 2.45) is 5.92 Å². The maximum absolute atomic E-state index is 4.02. The smallest absolute Gasteiger partial charge is 0.0467 e. The summed E-state index contributed by atoms with van der Waals surface area (Å²) < 4.78 is 0. The van der Waals surface area contributed by atoms with Gasteiger partial charge in [0.1, 0.15) is 0 Å². The molecule has 0 aromatic heterocycles. The van der Waals surface area contributed by atoms with Crippen molar-refractivity contribution < 1.29 is 0 Å². The number of nitrogens with zero attached hydrogens (tertiary/aromatic N) is 1.